The fourth-order valence-corrected chi connectivity index (χ4v) is 7.94. The zero-order chi connectivity index (χ0) is 28.6. The zero-order valence-electron chi connectivity index (χ0n) is 24.4. The number of carbonyl (C=O) groups is 3. The summed E-state index contributed by atoms with van der Waals surface area (Å²) in [6.07, 6.45) is 9.37. The van der Waals surface area contributed by atoms with Crippen molar-refractivity contribution in [3.63, 3.8) is 0 Å². The van der Waals surface area contributed by atoms with E-state index in [1.165, 1.54) is 30.8 Å². The first kappa shape index (κ1) is 29.6. The molecule has 3 aliphatic carbocycles. The van der Waals surface area contributed by atoms with Crippen molar-refractivity contribution in [3.05, 3.63) is 35.9 Å². The number of carboxylic acids is 1. The standard InChI is InChI=1S/C22H30O7.C10H16/c1-20(2,17(23)24)16(14-10-8-7-9-11-14)22(5,21(3,4)18(25)27-6)19(26)29-13-15-12-28-15;1-2-9-7-4-5-8(6-7)10(9)3-1/h7-11,15-16H,12-13H2,1-6H3,(H,23,24);7-10H,1-6H2. The molecular weight excluding hydrogens is 496 g/mol. The SMILES string of the molecule is C1CC2C3CCC(C3)C2C1.COC(=O)C(C)(C)C(C)(C(=O)OCC1CO1)C(c1ccccc1)C(C)(C)C(=O)O. The van der Waals surface area contributed by atoms with Gasteiger partial charge >= 0.3 is 17.9 Å². The Kier molecular flexibility index (Phi) is 8.51. The molecule has 7 atom stereocenters. The minimum atomic E-state index is -1.54. The summed E-state index contributed by atoms with van der Waals surface area (Å²) in [5.41, 5.74) is -3.69. The molecular formula is C32H46O7. The van der Waals surface area contributed by atoms with Crippen LogP contribution in [0.4, 0.5) is 0 Å². The Balaban J connectivity index is 0.000000287. The van der Waals surface area contributed by atoms with Gasteiger partial charge in [-0.1, -0.05) is 36.8 Å². The Morgan fingerprint density at radius 3 is 2.00 bits per heavy atom. The Labute approximate surface area is 233 Å². The van der Waals surface area contributed by atoms with E-state index in [4.69, 9.17) is 14.2 Å². The molecule has 1 aromatic carbocycles. The van der Waals surface area contributed by atoms with Crippen LogP contribution in [0.5, 0.6) is 0 Å². The van der Waals surface area contributed by atoms with Crippen molar-refractivity contribution in [1.82, 2.24) is 0 Å². The average Bonchev–Trinajstić information content (AvgIpc) is 3.27. The summed E-state index contributed by atoms with van der Waals surface area (Å²) in [6, 6.07) is 8.88. The molecule has 7 nitrogen and oxygen atoms in total. The van der Waals surface area contributed by atoms with Crippen LogP contribution in [0.1, 0.15) is 84.6 Å². The van der Waals surface area contributed by atoms with Gasteiger partial charge in [-0.25, -0.2) is 0 Å². The summed E-state index contributed by atoms with van der Waals surface area (Å²) < 4.78 is 15.6. The van der Waals surface area contributed by atoms with Gasteiger partial charge in [-0.15, -0.1) is 0 Å². The number of hydrogen-bond acceptors (Lipinski definition) is 6. The van der Waals surface area contributed by atoms with Crippen molar-refractivity contribution in [1.29, 1.82) is 0 Å². The normalized spacial score (nSPS) is 29.3. The Hall–Kier alpha value is -2.41. The molecule has 0 amide bonds. The molecule has 0 radical (unpaired) electrons. The molecule has 1 aromatic rings. The molecule has 2 bridgehead atoms. The summed E-state index contributed by atoms with van der Waals surface area (Å²) in [4.78, 5) is 38.5. The van der Waals surface area contributed by atoms with Gasteiger partial charge in [-0.3, -0.25) is 14.4 Å². The van der Waals surface area contributed by atoms with Gasteiger partial charge in [-0.05, 0) is 96.0 Å². The van der Waals surface area contributed by atoms with Crippen LogP contribution in [0.3, 0.4) is 0 Å². The van der Waals surface area contributed by atoms with Crippen LogP contribution in [0.2, 0.25) is 0 Å². The number of methoxy groups -OCH3 is 1. The van der Waals surface area contributed by atoms with Gasteiger partial charge in [0.1, 0.15) is 12.7 Å². The topological polar surface area (TPSA) is 102 Å². The third-order valence-corrected chi connectivity index (χ3v) is 10.6. The van der Waals surface area contributed by atoms with E-state index in [-0.39, 0.29) is 12.7 Å². The van der Waals surface area contributed by atoms with E-state index in [0.717, 1.165) is 0 Å². The molecule has 1 aliphatic heterocycles. The summed E-state index contributed by atoms with van der Waals surface area (Å²) in [5, 5.41) is 10.0. The predicted molar refractivity (Wildman–Crippen MR) is 147 cm³/mol. The number of esters is 2. The lowest BCUT2D eigenvalue weighted by atomic mass is 9.52. The van der Waals surface area contributed by atoms with E-state index >= 15 is 0 Å². The molecule has 0 spiro atoms. The molecule has 7 heteroatoms. The molecule has 0 aromatic heterocycles. The van der Waals surface area contributed by atoms with Gasteiger partial charge in [0.25, 0.3) is 0 Å². The number of epoxide rings is 1. The highest BCUT2D eigenvalue weighted by Crippen LogP contribution is 2.59. The lowest BCUT2D eigenvalue weighted by Gasteiger charge is -2.49. The highest BCUT2D eigenvalue weighted by molar-refractivity contribution is 5.90. The predicted octanol–water partition coefficient (Wildman–Crippen LogP) is 5.86. The van der Waals surface area contributed by atoms with Crippen LogP contribution in [-0.4, -0.2) is 49.4 Å². The lowest BCUT2D eigenvalue weighted by Crippen LogP contribution is -2.56. The summed E-state index contributed by atoms with van der Waals surface area (Å²) in [5.74, 6) is 1.55. The third kappa shape index (κ3) is 5.48. The van der Waals surface area contributed by atoms with Crippen molar-refractivity contribution >= 4 is 17.9 Å². The van der Waals surface area contributed by atoms with Crippen molar-refractivity contribution in [2.24, 2.45) is 39.9 Å². The van der Waals surface area contributed by atoms with Gasteiger partial charge in [0, 0.05) is 5.92 Å². The Bertz CT molecular complexity index is 1030. The number of hydrogen-bond donors (Lipinski definition) is 1. The fourth-order valence-electron chi connectivity index (χ4n) is 7.94. The van der Waals surface area contributed by atoms with Crippen molar-refractivity contribution in [2.75, 3.05) is 20.3 Å². The van der Waals surface area contributed by atoms with Crippen LogP contribution in [0, 0.1) is 39.9 Å². The van der Waals surface area contributed by atoms with Crippen LogP contribution in [0.15, 0.2) is 30.3 Å². The summed E-state index contributed by atoms with van der Waals surface area (Å²) in [6.45, 7) is 8.42. The van der Waals surface area contributed by atoms with E-state index < -0.39 is 40.1 Å². The van der Waals surface area contributed by atoms with E-state index in [0.29, 0.717) is 12.2 Å². The molecule has 3 saturated carbocycles. The zero-order valence-corrected chi connectivity index (χ0v) is 24.4. The quantitative estimate of drug-likeness (QED) is 0.308. The van der Waals surface area contributed by atoms with E-state index in [1.54, 1.807) is 103 Å². The Morgan fingerprint density at radius 2 is 1.51 bits per heavy atom. The third-order valence-electron chi connectivity index (χ3n) is 10.6. The highest BCUT2D eigenvalue weighted by atomic mass is 16.6. The van der Waals surface area contributed by atoms with Crippen LogP contribution in [-0.2, 0) is 28.6 Å². The van der Waals surface area contributed by atoms with E-state index in [2.05, 4.69) is 0 Å². The molecule has 1 saturated heterocycles. The molecule has 1 heterocycles. The molecule has 4 aliphatic rings. The van der Waals surface area contributed by atoms with Gasteiger partial charge < -0.3 is 19.3 Å². The lowest BCUT2D eigenvalue weighted by molar-refractivity contribution is -0.184. The second kappa shape index (κ2) is 11.2. The Morgan fingerprint density at radius 1 is 0.949 bits per heavy atom. The maximum atomic E-state index is 13.5. The van der Waals surface area contributed by atoms with Gasteiger partial charge in [-0.2, -0.15) is 0 Å². The van der Waals surface area contributed by atoms with Gasteiger partial charge in [0.05, 0.1) is 30.0 Å². The van der Waals surface area contributed by atoms with Gasteiger partial charge in [0.15, 0.2) is 0 Å². The number of rotatable bonds is 9. The van der Waals surface area contributed by atoms with E-state index in [9.17, 15) is 19.5 Å². The van der Waals surface area contributed by atoms with Crippen molar-refractivity contribution < 1.29 is 33.7 Å². The van der Waals surface area contributed by atoms with E-state index in [1.807, 2.05) is 0 Å². The molecule has 1 N–H and O–H groups in total. The fraction of sp³-hybridized carbons (Fsp3) is 0.719. The highest BCUT2D eigenvalue weighted by Gasteiger charge is 2.63. The van der Waals surface area contributed by atoms with Crippen LogP contribution >= 0.6 is 0 Å². The second-order valence-corrected chi connectivity index (χ2v) is 13.3. The van der Waals surface area contributed by atoms with Crippen molar-refractivity contribution in [2.45, 2.75) is 85.2 Å². The second-order valence-electron chi connectivity index (χ2n) is 13.3. The number of fused-ring (bicyclic) bond motifs is 5. The summed E-state index contributed by atoms with van der Waals surface area (Å²) in [7, 11) is 1.24. The number of ether oxygens (including phenoxy) is 3. The molecule has 5 rings (SSSR count). The van der Waals surface area contributed by atoms with Gasteiger partial charge in [0.2, 0.25) is 0 Å². The largest absolute Gasteiger partial charge is 0.481 e. The first-order chi connectivity index (χ1) is 18.4. The minimum absolute atomic E-state index is 0.0562. The van der Waals surface area contributed by atoms with Crippen molar-refractivity contribution in [3.8, 4) is 0 Å². The first-order valence-corrected chi connectivity index (χ1v) is 14.5. The first-order valence-electron chi connectivity index (χ1n) is 14.5. The van der Waals surface area contributed by atoms with Crippen LogP contribution in [0.25, 0.3) is 0 Å². The number of carbonyl (C=O) groups excluding carboxylic acids is 2. The maximum absolute atomic E-state index is 13.5. The molecule has 4 fully saturated rings. The average molecular weight is 543 g/mol. The molecule has 39 heavy (non-hydrogen) atoms. The minimum Gasteiger partial charge on any atom is -0.481 e. The summed E-state index contributed by atoms with van der Waals surface area (Å²) >= 11 is 0. The molecule has 7 unspecified atom stereocenters. The monoisotopic (exact) mass is 542 g/mol. The number of benzene rings is 1. The molecule has 216 valence electrons. The van der Waals surface area contributed by atoms with Crippen LogP contribution < -0.4 is 0 Å². The number of carboxylic acid groups (broad SMARTS) is 1. The maximum Gasteiger partial charge on any atom is 0.313 e. The number of aliphatic carboxylic acids is 1. The smallest absolute Gasteiger partial charge is 0.313 e.